The molecule has 184 valence electrons. The van der Waals surface area contributed by atoms with E-state index in [4.69, 9.17) is 14.5 Å². The minimum Gasteiger partial charge on any atom is -0.507 e. The van der Waals surface area contributed by atoms with Crippen LogP contribution in [0.3, 0.4) is 0 Å². The molecule has 1 aromatic heterocycles. The first-order valence-corrected chi connectivity index (χ1v) is 12.0. The third-order valence-electron chi connectivity index (χ3n) is 6.56. The first kappa shape index (κ1) is 23.3. The molecule has 5 rings (SSSR count). The van der Waals surface area contributed by atoms with Crippen molar-refractivity contribution in [1.82, 2.24) is 15.3 Å². The number of benzene rings is 2. The number of hydrogen-bond donors (Lipinski definition) is 2. The summed E-state index contributed by atoms with van der Waals surface area (Å²) < 4.78 is 25.3. The molecule has 2 atom stereocenters. The molecule has 0 unspecified atom stereocenters. The molecule has 2 saturated heterocycles. The molecule has 1 amide bonds. The van der Waals surface area contributed by atoms with Gasteiger partial charge in [0.05, 0.1) is 24.3 Å². The van der Waals surface area contributed by atoms with Crippen molar-refractivity contribution in [2.45, 2.75) is 32.3 Å². The van der Waals surface area contributed by atoms with E-state index in [9.17, 15) is 14.3 Å². The van der Waals surface area contributed by atoms with Crippen LogP contribution in [0.2, 0.25) is 0 Å². The van der Waals surface area contributed by atoms with E-state index < -0.39 is 11.9 Å². The van der Waals surface area contributed by atoms with Gasteiger partial charge in [-0.25, -0.2) is 19.2 Å². The predicted octanol–water partition coefficient (Wildman–Crippen LogP) is 4.18. The van der Waals surface area contributed by atoms with E-state index in [1.807, 2.05) is 25.1 Å². The highest BCUT2D eigenvalue weighted by Gasteiger charge is 2.26. The first-order chi connectivity index (χ1) is 17.0. The number of aromatic nitrogens is 2. The number of nitrogens with one attached hydrogen (secondary N) is 1. The van der Waals surface area contributed by atoms with Gasteiger partial charge in [0, 0.05) is 31.4 Å². The number of aromatic hydroxyl groups is 1. The fourth-order valence-electron chi connectivity index (χ4n) is 4.76. The Hall–Kier alpha value is -3.46. The Bertz CT molecular complexity index is 1210. The number of nitrogens with zero attached hydrogens (tertiary/aromatic N) is 3. The van der Waals surface area contributed by atoms with E-state index in [-0.39, 0.29) is 29.2 Å². The molecule has 0 spiro atoms. The van der Waals surface area contributed by atoms with Crippen LogP contribution >= 0.6 is 0 Å². The van der Waals surface area contributed by atoms with Crippen molar-refractivity contribution < 1.29 is 23.8 Å². The van der Waals surface area contributed by atoms with E-state index in [1.54, 1.807) is 0 Å². The normalized spacial score (nSPS) is 20.2. The summed E-state index contributed by atoms with van der Waals surface area (Å²) in [4.78, 5) is 23.7. The maximum absolute atomic E-state index is 14.7. The van der Waals surface area contributed by atoms with Gasteiger partial charge >= 0.3 is 6.09 Å². The second kappa shape index (κ2) is 10.0. The number of carbonyl (C=O) groups is 1. The fourth-order valence-corrected chi connectivity index (χ4v) is 4.76. The van der Waals surface area contributed by atoms with E-state index >= 15 is 0 Å². The highest BCUT2D eigenvalue weighted by atomic mass is 19.1. The maximum Gasteiger partial charge on any atom is 0.407 e. The van der Waals surface area contributed by atoms with Crippen LogP contribution in [0.1, 0.15) is 24.8 Å². The Balaban J connectivity index is 1.39. The van der Waals surface area contributed by atoms with E-state index in [0.717, 1.165) is 36.8 Å². The van der Waals surface area contributed by atoms with Gasteiger partial charge < -0.3 is 24.8 Å². The number of fused-ring (bicyclic) bond motifs is 1. The van der Waals surface area contributed by atoms with Crippen molar-refractivity contribution >= 4 is 22.8 Å². The van der Waals surface area contributed by atoms with E-state index in [0.29, 0.717) is 37.6 Å². The molecule has 2 aromatic carbocycles. The molecule has 0 radical (unpaired) electrons. The second-order valence-electron chi connectivity index (χ2n) is 9.25. The van der Waals surface area contributed by atoms with Gasteiger partial charge in [-0.1, -0.05) is 12.1 Å². The minimum absolute atomic E-state index is 0.00831. The van der Waals surface area contributed by atoms with Gasteiger partial charge in [0.2, 0.25) is 0 Å². The molecule has 0 saturated carbocycles. The fraction of sp³-hybridized carbons (Fsp3) is 0.423. The van der Waals surface area contributed by atoms with Crippen molar-refractivity contribution in [2.24, 2.45) is 5.92 Å². The number of ether oxygens (including phenoxy) is 2. The molecule has 2 N–H and O–H groups in total. The predicted molar refractivity (Wildman–Crippen MR) is 130 cm³/mol. The lowest BCUT2D eigenvalue weighted by molar-refractivity contribution is 0.0821. The summed E-state index contributed by atoms with van der Waals surface area (Å²) in [6.07, 6.45) is 2.02. The summed E-state index contributed by atoms with van der Waals surface area (Å²) in [6.45, 7) is 4.99. The molecule has 3 heterocycles. The Morgan fingerprint density at radius 2 is 2.17 bits per heavy atom. The second-order valence-corrected chi connectivity index (χ2v) is 9.25. The topological polar surface area (TPSA) is 96.8 Å². The number of aryl methyl sites for hydroxylation is 1. The molecule has 2 aliphatic heterocycles. The Labute approximate surface area is 203 Å². The van der Waals surface area contributed by atoms with Crippen molar-refractivity contribution in [3.8, 4) is 17.1 Å². The molecule has 3 aromatic rings. The molecule has 2 fully saturated rings. The number of anilines is 1. The summed E-state index contributed by atoms with van der Waals surface area (Å²) in [7, 11) is 0. The standard InChI is InChI=1S/C26H29FN4O4/c1-16-7-8-19-21(12-16)29-24(23-20(27)5-2-6-22(23)32)30-25(19)31-10-3-4-17(14-31)13-28-26(33)35-18-9-11-34-15-18/h2,5-8,12,17-18,32H,3-4,9-11,13-15H2,1H3,(H,28,33)/t17-,18+/m0/s1. The average molecular weight is 481 g/mol. The molecule has 0 aliphatic carbocycles. The molecule has 2 aliphatic rings. The third-order valence-corrected chi connectivity index (χ3v) is 6.56. The van der Waals surface area contributed by atoms with Crippen LogP contribution in [0.5, 0.6) is 5.75 Å². The van der Waals surface area contributed by atoms with Gasteiger partial charge in [-0.05, 0) is 55.5 Å². The number of hydrogen-bond acceptors (Lipinski definition) is 7. The number of piperidine rings is 1. The molecular weight excluding hydrogens is 451 g/mol. The van der Waals surface area contributed by atoms with Crippen LogP contribution in [0.4, 0.5) is 15.0 Å². The van der Waals surface area contributed by atoms with Gasteiger partial charge in [0.15, 0.2) is 5.82 Å². The van der Waals surface area contributed by atoms with Crippen molar-refractivity contribution in [2.75, 3.05) is 37.7 Å². The summed E-state index contributed by atoms with van der Waals surface area (Å²) in [5.41, 5.74) is 1.71. The van der Waals surface area contributed by atoms with Gasteiger partial charge in [-0.2, -0.15) is 0 Å². The number of alkyl carbamates (subject to hydrolysis) is 1. The SMILES string of the molecule is Cc1ccc2c(N3CCC[C@@H](CNC(=O)O[C@@H]4CCOC4)C3)nc(-c3c(O)cccc3F)nc2c1. The maximum atomic E-state index is 14.7. The number of phenolic OH excluding ortho intramolecular Hbond substituents is 1. The summed E-state index contributed by atoms with van der Waals surface area (Å²) in [5.74, 6) is 0.279. The van der Waals surface area contributed by atoms with Gasteiger partial charge in [-0.3, -0.25) is 0 Å². The Morgan fingerprint density at radius 3 is 2.97 bits per heavy atom. The third kappa shape index (κ3) is 5.14. The lowest BCUT2D eigenvalue weighted by atomic mass is 9.97. The zero-order valence-corrected chi connectivity index (χ0v) is 19.7. The zero-order chi connectivity index (χ0) is 24.4. The van der Waals surface area contributed by atoms with Crippen LogP contribution in [-0.4, -0.2) is 60.1 Å². The Kier molecular flexibility index (Phi) is 6.68. The molecule has 35 heavy (non-hydrogen) atoms. The van der Waals surface area contributed by atoms with Crippen LogP contribution in [0.15, 0.2) is 36.4 Å². The molecule has 9 heteroatoms. The number of carbonyl (C=O) groups excluding carboxylic acids is 1. The van der Waals surface area contributed by atoms with Gasteiger partial charge in [0.1, 0.15) is 23.5 Å². The first-order valence-electron chi connectivity index (χ1n) is 12.0. The quantitative estimate of drug-likeness (QED) is 0.565. The smallest absolute Gasteiger partial charge is 0.407 e. The van der Waals surface area contributed by atoms with Crippen LogP contribution in [-0.2, 0) is 9.47 Å². The highest BCUT2D eigenvalue weighted by molar-refractivity contribution is 5.92. The molecule has 0 bridgehead atoms. The van der Waals surface area contributed by atoms with Crippen molar-refractivity contribution in [3.05, 3.63) is 47.8 Å². The summed E-state index contributed by atoms with van der Waals surface area (Å²) in [6, 6.07) is 10.1. The van der Waals surface area contributed by atoms with Crippen LogP contribution < -0.4 is 10.2 Å². The number of amides is 1. The Morgan fingerprint density at radius 1 is 1.29 bits per heavy atom. The van der Waals surface area contributed by atoms with Gasteiger partial charge in [-0.15, -0.1) is 0 Å². The number of halogens is 1. The minimum atomic E-state index is -0.574. The number of phenols is 1. The van der Waals surface area contributed by atoms with Crippen LogP contribution in [0, 0.1) is 18.7 Å². The lowest BCUT2D eigenvalue weighted by Gasteiger charge is -2.34. The average Bonchev–Trinajstić information content (AvgIpc) is 3.35. The largest absolute Gasteiger partial charge is 0.507 e. The van der Waals surface area contributed by atoms with Crippen molar-refractivity contribution in [1.29, 1.82) is 0 Å². The molecular formula is C26H29FN4O4. The van der Waals surface area contributed by atoms with Gasteiger partial charge in [0.25, 0.3) is 0 Å². The zero-order valence-electron chi connectivity index (χ0n) is 19.7. The van der Waals surface area contributed by atoms with Crippen LogP contribution in [0.25, 0.3) is 22.3 Å². The lowest BCUT2D eigenvalue weighted by Crippen LogP contribution is -2.42. The number of rotatable bonds is 5. The summed E-state index contributed by atoms with van der Waals surface area (Å²) >= 11 is 0. The van der Waals surface area contributed by atoms with Crippen molar-refractivity contribution in [3.63, 3.8) is 0 Å². The summed E-state index contributed by atoms with van der Waals surface area (Å²) in [5, 5.41) is 14.1. The van der Waals surface area contributed by atoms with E-state index in [2.05, 4.69) is 15.2 Å². The monoisotopic (exact) mass is 480 g/mol. The van der Waals surface area contributed by atoms with E-state index in [1.165, 1.54) is 18.2 Å². The molecule has 8 nitrogen and oxygen atoms in total. The highest BCUT2D eigenvalue weighted by Crippen LogP contribution is 2.35.